The minimum atomic E-state index is -0.0217. The Labute approximate surface area is 120 Å². The Kier molecular flexibility index (Phi) is 4.03. The van der Waals surface area contributed by atoms with Gasteiger partial charge in [-0.15, -0.1) is 0 Å². The zero-order valence-corrected chi connectivity index (χ0v) is 11.9. The van der Waals surface area contributed by atoms with Gasteiger partial charge in [-0.1, -0.05) is 24.3 Å². The van der Waals surface area contributed by atoms with Gasteiger partial charge >= 0.3 is 0 Å². The number of carbonyl (C=O) groups excluding carboxylic acids is 1. The summed E-state index contributed by atoms with van der Waals surface area (Å²) in [5, 5.41) is 0. The summed E-state index contributed by atoms with van der Waals surface area (Å²) in [6.45, 7) is 4.09. The average Bonchev–Trinajstić information content (AvgIpc) is 3.00. The highest BCUT2D eigenvalue weighted by molar-refractivity contribution is 5.82. The lowest BCUT2D eigenvalue weighted by Gasteiger charge is -2.37. The molecule has 1 fully saturated rings. The number of hydrogen-bond donors (Lipinski definition) is 1. The van der Waals surface area contributed by atoms with Crippen molar-refractivity contribution in [2.75, 3.05) is 26.2 Å². The van der Waals surface area contributed by atoms with Crippen molar-refractivity contribution in [1.82, 2.24) is 9.80 Å². The number of nitrogens with zero attached hydrogens (tertiary/aromatic N) is 2. The van der Waals surface area contributed by atoms with Crippen molar-refractivity contribution in [3.63, 3.8) is 0 Å². The van der Waals surface area contributed by atoms with E-state index in [1.165, 1.54) is 11.1 Å². The highest BCUT2D eigenvalue weighted by Crippen LogP contribution is 2.25. The quantitative estimate of drug-likeness (QED) is 0.893. The summed E-state index contributed by atoms with van der Waals surface area (Å²) in [5.41, 5.74) is 8.39. The molecule has 4 nitrogen and oxygen atoms in total. The maximum absolute atomic E-state index is 12.7. The molecule has 1 aromatic carbocycles. The zero-order valence-electron chi connectivity index (χ0n) is 11.9. The molecule has 2 aliphatic rings. The number of likely N-dealkylation sites (tertiary alicyclic amines) is 1. The van der Waals surface area contributed by atoms with E-state index in [0.717, 1.165) is 45.4 Å². The summed E-state index contributed by atoms with van der Waals surface area (Å²) >= 11 is 0. The Bertz CT molecular complexity index is 482. The lowest BCUT2D eigenvalue weighted by atomic mass is 9.93. The predicted molar refractivity (Wildman–Crippen MR) is 79.2 cm³/mol. The fourth-order valence-electron chi connectivity index (χ4n) is 3.37. The minimum absolute atomic E-state index is 0.0217. The Balaban J connectivity index is 1.82. The van der Waals surface area contributed by atoms with Crippen molar-refractivity contribution in [2.24, 2.45) is 5.73 Å². The standard InChI is InChI=1S/C16H23N3O/c17-7-10-19-12-14-6-2-1-5-13(14)11-15(19)16(20)18-8-3-4-9-18/h1-2,5-6,15H,3-4,7-12,17H2. The Morgan fingerprint density at radius 2 is 1.90 bits per heavy atom. The van der Waals surface area contributed by atoms with Crippen LogP contribution in [-0.2, 0) is 17.8 Å². The lowest BCUT2D eigenvalue weighted by Crippen LogP contribution is -2.52. The van der Waals surface area contributed by atoms with Crippen molar-refractivity contribution < 1.29 is 4.79 Å². The van der Waals surface area contributed by atoms with Crippen molar-refractivity contribution in [3.8, 4) is 0 Å². The zero-order chi connectivity index (χ0) is 13.9. The highest BCUT2D eigenvalue weighted by Gasteiger charge is 2.34. The lowest BCUT2D eigenvalue weighted by molar-refractivity contribution is -0.136. The Morgan fingerprint density at radius 3 is 2.60 bits per heavy atom. The van der Waals surface area contributed by atoms with Gasteiger partial charge in [0.1, 0.15) is 0 Å². The second kappa shape index (κ2) is 5.94. The number of benzene rings is 1. The van der Waals surface area contributed by atoms with Gasteiger partial charge in [-0.2, -0.15) is 0 Å². The number of nitrogens with two attached hydrogens (primary N) is 1. The molecule has 1 aromatic rings. The van der Waals surface area contributed by atoms with E-state index in [2.05, 4.69) is 29.2 Å². The SMILES string of the molecule is NCCN1Cc2ccccc2CC1C(=O)N1CCCC1. The second-order valence-electron chi connectivity index (χ2n) is 5.78. The molecule has 20 heavy (non-hydrogen) atoms. The maximum atomic E-state index is 12.7. The molecule has 0 spiro atoms. The van der Waals surface area contributed by atoms with Gasteiger partial charge in [0, 0.05) is 32.7 Å². The smallest absolute Gasteiger partial charge is 0.240 e. The molecule has 2 N–H and O–H groups in total. The molecule has 1 atom stereocenters. The number of hydrogen-bond acceptors (Lipinski definition) is 3. The van der Waals surface area contributed by atoms with E-state index in [-0.39, 0.29) is 6.04 Å². The van der Waals surface area contributed by atoms with E-state index in [4.69, 9.17) is 5.73 Å². The number of rotatable bonds is 3. The van der Waals surface area contributed by atoms with Gasteiger partial charge in [-0.3, -0.25) is 9.69 Å². The molecule has 4 heteroatoms. The van der Waals surface area contributed by atoms with Gasteiger partial charge in [0.2, 0.25) is 5.91 Å². The molecule has 0 aromatic heterocycles. The Hall–Kier alpha value is -1.39. The first-order chi connectivity index (χ1) is 9.79. The average molecular weight is 273 g/mol. The van der Waals surface area contributed by atoms with Gasteiger partial charge in [0.25, 0.3) is 0 Å². The van der Waals surface area contributed by atoms with Crippen LogP contribution in [-0.4, -0.2) is 47.9 Å². The molecule has 0 saturated carbocycles. The Morgan fingerprint density at radius 1 is 1.20 bits per heavy atom. The summed E-state index contributed by atoms with van der Waals surface area (Å²) in [7, 11) is 0. The molecule has 0 aliphatic carbocycles. The summed E-state index contributed by atoms with van der Waals surface area (Å²) in [4.78, 5) is 17.0. The van der Waals surface area contributed by atoms with E-state index in [0.29, 0.717) is 12.5 Å². The summed E-state index contributed by atoms with van der Waals surface area (Å²) in [6, 6.07) is 8.43. The molecule has 108 valence electrons. The topological polar surface area (TPSA) is 49.6 Å². The van der Waals surface area contributed by atoms with Crippen LogP contribution in [0, 0.1) is 0 Å². The van der Waals surface area contributed by atoms with Crippen LogP contribution < -0.4 is 5.73 Å². The van der Waals surface area contributed by atoms with Crippen LogP contribution in [0.4, 0.5) is 0 Å². The van der Waals surface area contributed by atoms with Gasteiger partial charge in [-0.05, 0) is 30.4 Å². The third kappa shape index (κ3) is 2.58. The van der Waals surface area contributed by atoms with E-state index in [1.54, 1.807) is 0 Å². The van der Waals surface area contributed by atoms with Crippen molar-refractivity contribution in [2.45, 2.75) is 31.8 Å². The summed E-state index contributed by atoms with van der Waals surface area (Å²) < 4.78 is 0. The first-order valence-corrected chi connectivity index (χ1v) is 7.59. The van der Waals surface area contributed by atoms with E-state index >= 15 is 0 Å². The highest BCUT2D eigenvalue weighted by atomic mass is 16.2. The fraction of sp³-hybridized carbons (Fsp3) is 0.562. The molecule has 2 heterocycles. The summed E-state index contributed by atoms with van der Waals surface area (Å²) in [6.07, 6.45) is 3.11. The van der Waals surface area contributed by atoms with E-state index in [9.17, 15) is 4.79 Å². The van der Waals surface area contributed by atoms with Gasteiger partial charge < -0.3 is 10.6 Å². The third-order valence-corrected chi connectivity index (χ3v) is 4.46. The normalized spacial score (nSPS) is 22.9. The van der Waals surface area contributed by atoms with Crippen LogP contribution in [0.3, 0.4) is 0 Å². The molecule has 1 saturated heterocycles. The van der Waals surface area contributed by atoms with Gasteiger partial charge in [-0.25, -0.2) is 0 Å². The van der Waals surface area contributed by atoms with Crippen molar-refractivity contribution in [3.05, 3.63) is 35.4 Å². The molecular weight excluding hydrogens is 250 g/mol. The van der Waals surface area contributed by atoms with E-state index < -0.39 is 0 Å². The molecule has 1 unspecified atom stereocenters. The second-order valence-corrected chi connectivity index (χ2v) is 5.78. The van der Waals surface area contributed by atoms with Crippen molar-refractivity contribution >= 4 is 5.91 Å². The van der Waals surface area contributed by atoms with Gasteiger partial charge in [0.05, 0.1) is 6.04 Å². The van der Waals surface area contributed by atoms with E-state index in [1.807, 2.05) is 4.90 Å². The van der Waals surface area contributed by atoms with Crippen LogP contribution in [0.15, 0.2) is 24.3 Å². The molecule has 0 radical (unpaired) electrons. The number of fused-ring (bicyclic) bond motifs is 1. The minimum Gasteiger partial charge on any atom is -0.341 e. The maximum Gasteiger partial charge on any atom is 0.240 e. The number of carbonyl (C=O) groups is 1. The fourth-order valence-corrected chi connectivity index (χ4v) is 3.37. The van der Waals surface area contributed by atoms with Crippen LogP contribution in [0.25, 0.3) is 0 Å². The van der Waals surface area contributed by atoms with Crippen LogP contribution >= 0.6 is 0 Å². The first kappa shape index (κ1) is 13.6. The molecule has 3 rings (SSSR count). The van der Waals surface area contributed by atoms with Crippen molar-refractivity contribution in [1.29, 1.82) is 0 Å². The van der Waals surface area contributed by atoms with Crippen LogP contribution in [0.5, 0.6) is 0 Å². The molecular formula is C16H23N3O. The van der Waals surface area contributed by atoms with Crippen LogP contribution in [0.2, 0.25) is 0 Å². The predicted octanol–water partition coefficient (Wildman–Crippen LogP) is 0.994. The largest absolute Gasteiger partial charge is 0.341 e. The number of amides is 1. The molecule has 2 aliphatic heterocycles. The van der Waals surface area contributed by atoms with Crippen LogP contribution in [0.1, 0.15) is 24.0 Å². The molecule has 1 amide bonds. The third-order valence-electron chi connectivity index (χ3n) is 4.46. The molecule has 0 bridgehead atoms. The monoisotopic (exact) mass is 273 g/mol. The first-order valence-electron chi connectivity index (χ1n) is 7.59. The van der Waals surface area contributed by atoms with Gasteiger partial charge in [0.15, 0.2) is 0 Å². The summed E-state index contributed by atoms with van der Waals surface area (Å²) in [5.74, 6) is 0.297.